The zero-order valence-electron chi connectivity index (χ0n) is 18.9. The van der Waals surface area contributed by atoms with E-state index in [0.717, 1.165) is 4.90 Å². The molecule has 2 N–H and O–H groups in total. The third-order valence-electron chi connectivity index (χ3n) is 5.01. The van der Waals surface area contributed by atoms with Crippen LogP contribution in [0, 0.1) is 0 Å². The fraction of sp³-hybridized carbons (Fsp3) is 0.120. The number of methoxy groups -OCH3 is 1. The fourth-order valence-electron chi connectivity index (χ4n) is 3.30. The molecule has 0 bridgehead atoms. The van der Waals surface area contributed by atoms with Gasteiger partial charge in [-0.15, -0.1) is 0 Å². The summed E-state index contributed by atoms with van der Waals surface area (Å²) in [6.07, 6.45) is 1.46. The zero-order valence-corrected chi connectivity index (χ0v) is 19.7. The molecular weight excluding hydrogens is 490 g/mol. The van der Waals surface area contributed by atoms with Crippen molar-refractivity contribution in [2.24, 2.45) is 0 Å². The molecule has 2 aromatic carbocycles. The van der Waals surface area contributed by atoms with Gasteiger partial charge < -0.3 is 24.5 Å². The maximum Gasteiger partial charge on any atom is 0.373 e. The number of benzene rings is 2. The van der Waals surface area contributed by atoms with Crippen LogP contribution < -0.4 is 15.4 Å². The number of nitrogens with one attached hydrogen (secondary N) is 2. The first-order valence-electron chi connectivity index (χ1n) is 10.6. The van der Waals surface area contributed by atoms with Crippen LogP contribution in [0.15, 0.2) is 70.8 Å². The van der Waals surface area contributed by atoms with Gasteiger partial charge in [-0.1, -0.05) is 35.9 Å². The van der Waals surface area contributed by atoms with E-state index in [2.05, 4.69) is 15.4 Å². The predicted octanol–water partition coefficient (Wildman–Crippen LogP) is 3.83. The van der Waals surface area contributed by atoms with Crippen LogP contribution in [0.5, 0.6) is 5.75 Å². The molecule has 0 aliphatic carbocycles. The standard InChI is InChI=1S/C25H20ClN3O7/c1-34-24(32)21-10-8-17(36-21)13-29-23(31)19(28-25(29)33)12-15-7-9-20(18(26)11-15)35-14-22(30)27-16-5-3-2-4-6-16/h2-12H,13-14H2,1H3,(H,27,30)(H,28,33)/b19-12-. The number of halogens is 1. The maximum atomic E-state index is 12.7. The number of esters is 1. The van der Waals surface area contributed by atoms with Crippen LogP contribution in [0.3, 0.4) is 0 Å². The van der Waals surface area contributed by atoms with Crippen LogP contribution in [0.2, 0.25) is 5.02 Å². The molecule has 0 spiro atoms. The summed E-state index contributed by atoms with van der Waals surface area (Å²) in [5.74, 6) is -1.11. The summed E-state index contributed by atoms with van der Waals surface area (Å²) in [7, 11) is 1.22. The minimum atomic E-state index is -0.667. The molecule has 1 aliphatic heterocycles. The first-order chi connectivity index (χ1) is 17.3. The summed E-state index contributed by atoms with van der Waals surface area (Å²) < 4.78 is 15.4. The molecule has 3 aromatic rings. The lowest BCUT2D eigenvalue weighted by Crippen LogP contribution is -2.30. The van der Waals surface area contributed by atoms with Gasteiger partial charge in [0.05, 0.1) is 18.7 Å². The maximum absolute atomic E-state index is 12.7. The molecule has 1 aromatic heterocycles. The van der Waals surface area contributed by atoms with E-state index in [0.29, 0.717) is 11.3 Å². The van der Waals surface area contributed by atoms with Gasteiger partial charge in [0.25, 0.3) is 11.8 Å². The first-order valence-corrected chi connectivity index (χ1v) is 11.0. The molecule has 0 saturated carbocycles. The van der Waals surface area contributed by atoms with E-state index in [-0.39, 0.29) is 47.0 Å². The van der Waals surface area contributed by atoms with Crippen molar-refractivity contribution in [3.05, 3.63) is 88.5 Å². The molecule has 0 atom stereocenters. The van der Waals surface area contributed by atoms with E-state index >= 15 is 0 Å². The molecule has 4 amide bonds. The Bertz CT molecular complexity index is 1350. The van der Waals surface area contributed by atoms with Crippen molar-refractivity contribution in [3.63, 3.8) is 0 Å². The van der Waals surface area contributed by atoms with Crippen molar-refractivity contribution in [2.75, 3.05) is 19.0 Å². The highest BCUT2D eigenvalue weighted by atomic mass is 35.5. The Morgan fingerprint density at radius 1 is 1.11 bits per heavy atom. The minimum Gasteiger partial charge on any atom is -0.482 e. The summed E-state index contributed by atoms with van der Waals surface area (Å²) in [5, 5.41) is 5.42. The van der Waals surface area contributed by atoms with Crippen LogP contribution in [0.4, 0.5) is 10.5 Å². The Balaban J connectivity index is 1.38. The lowest BCUT2D eigenvalue weighted by molar-refractivity contribution is -0.123. The lowest BCUT2D eigenvalue weighted by atomic mass is 10.2. The smallest absolute Gasteiger partial charge is 0.373 e. The van der Waals surface area contributed by atoms with Gasteiger partial charge in [-0.05, 0) is 48.0 Å². The Labute approximate surface area is 210 Å². The largest absolute Gasteiger partial charge is 0.482 e. The summed E-state index contributed by atoms with van der Waals surface area (Å²) in [4.78, 5) is 49.6. The van der Waals surface area contributed by atoms with Crippen LogP contribution in [-0.4, -0.2) is 42.4 Å². The van der Waals surface area contributed by atoms with E-state index in [1.165, 1.54) is 31.4 Å². The molecule has 1 saturated heterocycles. The average molecular weight is 510 g/mol. The number of urea groups is 1. The van der Waals surface area contributed by atoms with Crippen molar-refractivity contribution in [2.45, 2.75) is 6.54 Å². The molecule has 1 aliphatic rings. The summed E-state index contributed by atoms with van der Waals surface area (Å²) in [6, 6.07) is 15.9. The zero-order chi connectivity index (χ0) is 25.7. The molecule has 2 heterocycles. The quantitative estimate of drug-likeness (QED) is 0.268. The third kappa shape index (κ3) is 5.73. The predicted molar refractivity (Wildman–Crippen MR) is 129 cm³/mol. The number of rotatable bonds is 8. The fourth-order valence-corrected chi connectivity index (χ4v) is 3.54. The molecule has 11 heteroatoms. The van der Waals surface area contributed by atoms with Gasteiger partial charge in [-0.25, -0.2) is 9.59 Å². The molecule has 0 radical (unpaired) electrons. The molecule has 10 nitrogen and oxygen atoms in total. The number of imide groups is 1. The Kier molecular flexibility index (Phi) is 7.36. The normalized spacial score (nSPS) is 14.1. The van der Waals surface area contributed by atoms with Gasteiger partial charge in [0.15, 0.2) is 6.61 Å². The minimum absolute atomic E-state index is 0.0340. The molecule has 184 valence electrons. The van der Waals surface area contributed by atoms with E-state index in [4.69, 9.17) is 20.8 Å². The second-order valence-electron chi connectivity index (χ2n) is 7.53. The number of nitrogens with zero attached hydrogens (tertiary/aromatic N) is 1. The number of hydrogen-bond acceptors (Lipinski definition) is 7. The topological polar surface area (TPSA) is 127 Å². The van der Waals surface area contributed by atoms with Crippen LogP contribution >= 0.6 is 11.6 Å². The highest BCUT2D eigenvalue weighted by molar-refractivity contribution is 6.32. The summed E-state index contributed by atoms with van der Waals surface area (Å²) >= 11 is 6.28. The van der Waals surface area contributed by atoms with E-state index < -0.39 is 17.9 Å². The van der Waals surface area contributed by atoms with Gasteiger partial charge in [0, 0.05) is 5.69 Å². The van der Waals surface area contributed by atoms with Crippen molar-refractivity contribution in [1.29, 1.82) is 0 Å². The van der Waals surface area contributed by atoms with Gasteiger partial charge in [-0.2, -0.15) is 0 Å². The SMILES string of the molecule is COC(=O)c1ccc(CN2C(=O)N/C(=C\c3ccc(OCC(=O)Nc4ccccc4)c(Cl)c3)C2=O)o1. The second-order valence-corrected chi connectivity index (χ2v) is 7.94. The summed E-state index contributed by atoms with van der Waals surface area (Å²) in [6.45, 7) is -0.416. The van der Waals surface area contributed by atoms with Gasteiger partial charge >= 0.3 is 12.0 Å². The van der Waals surface area contributed by atoms with Crippen LogP contribution in [-0.2, 0) is 20.9 Å². The van der Waals surface area contributed by atoms with Crippen molar-refractivity contribution in [3.8, 4) is 5.75 Å². The number of anilines is 1. The second kappa shape index (κ2) is 10.8. The monoisotopic (exact) mass is 509 g/mol. The number of amides is 4. The van der Waals surface area contributed by atoms with Gasteiger partial charge in [0.1, 0.15) is 17.2 Å². The number of carbonyl (C=O) groups excluding carboxylic acids is 4. The number of para-hydroxylation sites is 1. The molecule has 0 unspecified atom stereocenters. The number of furan rings is 1. The highest BCUT2D eigenvalue weighted by Gasteiger charge is 2.34. The van der Waals surface area contributed by atoms with Gasteiger partial charge in [-0.3, -0.25) is 14.5 Å². The lowest BCUT2D eigenvalue weighted by Gasteiger charge is -2.10. The van der Waals surface area contributed by atoms with Crippen LogP contribution in [0.25, 0.3) is 6.08 Å². The molecule has 4 rings (SSSR count). The Morgan fingerprint density at radius 3 is 2.61 bits per heavy atom. The van der Waals surface area contributed by atoms with Gasteiger partial charge in [0.2, 0.25) is 5.76 Å². The van der Waals surface area contributed by atoms with Crippen molar-refractivity contribution < 1.29 is 33.1 Å². The molecular formula is C25H20ClN3O7. The molecule has 1 fully saturated rings. The third-order valence-corrected chi connectivity index (χ3v) is 5.30. The van der Waals surface area contributed by atoms with Crippen LogP contribution in [0.1, 0.15) is 21.9 Å². The highest BCUT2D eigenvalue weighted by Crippen LogP contribution is 2.27. The van der Waals surface area contributed by atoms with Crippen molar-refractivity contribution >= 4 is 47.2 Å². The molecule has 36 heavy (non-hydrogen) atoms. The average Bonchev–Trinajstić information content (AvgIpc) is 3.44. The van der Waals surface area contributed by atoms with E-state index in [1.807, 2.05) is 6.07 Å². The van der Waals surface area contributed by atoms with E-state index in [1.54, 1.807) is 36.4 Å². The van der Waals surface area contributed by atoms with E-state index in [9.17, 15) is 19.2 Å². The number of carbonyl (C=O) groups is 4. The number of ether oxygens (including phenoxy) is 2. The number of hydrogen-bond donors (Lipinski definition) is 2. The Morgan fingerprint density at radius 2 is 1.89 bits per heavy atom. The first kappa shape index (κ1) is 24.6. The Hall–Kier alpha value is -4.57. The van der Waals surface area contributed by atoms with Crippen molar-refractivity contribution in [1.82, 2.24) is 10.2 Å². The summed E-state index contributed by atoms with van der Waals surface area (Å²) in [5.41, 5.74) is 1.21.